The van der Waals surface area contributed by atoms with Crippen molar-refractivity contribution in [1.29, 1.82) is 0 Å². The molecule has 1 aromatic heterocycles. The Balaban J connectivity index is 1.64. The molecule has 0 spiro atoms. The molecular weight excluding hydrogens is 376 g/mol. The van der Waals surface area contributed by atoms with Crippen LogP contribution in [0.1, 0.15) is 29.9 Å². The van der Waals surface area contributed by atoms with Gasteiger partial charge in [0, 0.05) is 38.3 Å². The Bertz CT molecular complexity index is 920. The van der Waals surface area contributed by atoms with E-state index >= 15 is 0 Å². The van der Waals surface area contributed by atoms with Gasteiger partial charge in [0.25, 0.3) is 0 Å². The maximum absolute atomic E-state index is 5.71. The molecule has 0 N–H and O–H groups in total. The fourth-order valence-electron chi connectivity index (χ4n) is 4.18. The van der Waals surface area contributed by atoms with Crippen LogP contribution in [-0.4, -0.2) is 69.8 Å². The Morgan fingerprint density at radius 3 is 2.43 bits per heavy atom. The molecule has 30 heavy (non-hydrogen) atoms. The van der Waals surface area contributed by atoms with E-state index in [9.17, 15) is 0 Å². The number of hydrogen-bond donors (Lipinski definition) is 0. The first-order valence-electron chi connectivity index (χ1n) is 10.7. The zero-order valence-electron chi connectivity index (χ0n) is 17.8. The number of para-hydroxylation sites is 1. The van der Waals surface area contributed by atoms with E-state index in [0.717, 1.165) is 62.8 Å². The van der Waals surface area contributed by atoms with Crippen molar-refractivity contribution < 1.29 is 4.74 Å². The van der Waals surface area contributed by atoms with Gasteiger partial charge in [-0.05, 0) is 35.0 Å². The van der Waals surface area contributed by atoms with Crippen LogP contribution in [0.25, 0.3) is 0 Å². The van der Waals surface area contributed by atoms with E-state index in [2.05, 4.69) is 68.6 Å². The van der Waals surface area contributed by atoms with Crippen LogP contribution in [0.15, 0.2) is 54.6 Å². The Labute approximate surface area is 178 Å². The average molecular weight is 407 g/mol. The third kappa shape index (κ3) is 4.52. The minimum absolute atomic E-state index is 0.0362. The highest BCUT2D eigenvalue weighted by molar-refractivity contribution is 5.39. The number of aromatic nitrogens is 4. The third-order valence-corrected chi connectivity index (χ3v) is 5.91. The van der Waals surface area contributed by atoms with E-state index in [0.29, 0.717) is 0 Å². The highest BCUT2D eigenvalue weighted by atomic mass is 16.5. The van der Waals surface area contributed by atoms with Crippen LogP contribution in [0.4, 0.5) is 0 Å². The smallest absolute Gasteiger partial charge is 0.173 e. The number of likely N-dealkylation sites (N-methyl/N-ethyl adjacent to an activating group) is 1. The van der Waals surface area contributed by atoms with Gasteiger partial charge < -0.3 is 9.64 Å². The normalized spacial score (nSPS) is 16.5. The van der Waals surface area contributed by atoms with Crippen molar-refractivity contribution in [3.8, 4) is 5.75 Å². The Morgan fingerprint density at radius 1 is 0.967 bits per heavy atom. The zero-order chi connectivity index (χ0) is 20.8. The topological polar surface area (TPSA) is 59.3 Å². The first-order chi connectivity index (χ1) is 14.8. The van der Waals surface area contributed by atoms with Crippen molar-refractivity contribution in [2.45, 2.75) is 25.9 Å². The molecule has 0 bridgehead atoms. The Morgan fingerprint density at radius 2 is 1.70 bits per heavy atom. The number of rotatable bonds is 8. The molecule has 2 aromatic carbocycles. The van der Waals surface area contributed by atoms with Crippen molar-refractivity contribution in [2.75, 3.05) is 39.8 Å². The molecule has 0 aliphatic carbocycles. The van der Waals surface area contributed by atoms with Gasteiger partial charge >= 0.3 is 0 Å². The van der Waals surface area contributed by atoms with Crippen molar-refractivity contribution in [2.24, 2.45) is 0 Å². The monoisotopic (exact) mass is 406 g/mol. The maximum Gasteiger partial charge on any atom is 0.173 e. The molecule has 0 saturated carbocycles. The van der Waals surface area contributed by atoms with Crippen molar-refractivity contribution in [3.63, 3.8) is 0 Å². The highest BCUT2D eigenvalue weighted by Crippen LogP contribution is 2.34. The van der Waals surface area contributed by atoms with E-state index in [-0.39, 0.29) is 6.04 Å². The quantitative estimate of drug-likeness (QED) is 0.573. The largest absolute Gasteiger partial charge is 0.496 e. The van der Waals surface area contributed by atoms with Crippen LogP contribution >= 0.6 is 0 Å². The summed E-state index contributed by atoms with van der Waals surface area (Å²) in [5, 5.41) is 12.9. The summed E-state index contributed by atoms with van der Waals surface area (Å²) in [6, 6.07) is 18.6. The first-order valence-corrected chi connectivity index (χ1v) is 10.7. The maximum atomic E-state index is 5.71. The summed E-state index contributed by atoms with van der Waals surface area (Å²) in [7, 11) is 1.73. The lowest BCUT2D eigenvalue weighted by Gasteiger charge is -2.38. The first kappa shape index (κ1) is 20.5. The molecule has 0 amide bonds. The molecule has 1 aliphatic rings. The number of methoxy groups -OCH3 is 1. The molecule has 7 nitrogen and oxygen atoms in total. The van der Waals surface area contributed by atoms with Crippen LogP contribution < -0.4 is 4.74 Å². The number of nitrogens with zero attached hydrogens (tertiary/aromatic N) is 6. The van der Waals surface area contributed by atoms with Gasteiger partial charge in [-0.3, -0.25) is 4.90 Å². The number of piperazine rings is 1. The molecule has 4 rings (SSSR count). The van der Waals surface area contributed by atoms with E-state index in [1.54, 1.807) is 7.11 Å². The van der Waals surface area contributed by atoms with Gasteiger partial charge in [-0.2, -0.15) is 0 Å². The third-order valence-electron chi connectivity index (χ3n) is 5.91. The zero-order valence-corrected chi connectivity index (χ0v) is 17.8. The summed E-state index contributed by atoms with van der Waals surface area (Å²) >= 11 is 0. The molecule has 1 atom stereocenters. The van der Waals surface area contributed by atoms with Crippen LogP contribution in [-0.2, 0) is 13.0 Å². The van der Waals surface area contributed by atoms with Gasteiger partial charge in [-0.25, -0.2) is 4.68 Å². The number of ether oxygens (including phenoxy) is 1. The molecule has 3 aromatic rings. The van der Waals surface area contributed by atoms with Gasteiger partial charge in [0.1, 0.15) is 11.8 Å². The van der Waals surface area contributed by atoms with Crippen LogP contribution in [0.5, 0.6) is 5.75 Å². The van der Waals surface area contributed by atoms with Gasteiger partial charge in [-0.1, -0.05) is 55.5 Å². The standard InChI is InChI=1S/C23H30N6O/c1-3-27-15-17-28(18-16-27)22(20-11-7-8-12-21(20)30-2)23-24-25-26-29(23)14-13-19-9-5-4-6-10-19/h4-12,22H,3,13-18H2,1-2H3/t22-/m1/s1. The lowest BCUT2D eigenvalue weighted by molar-refractivity contribution is 0.107. The number of hydrogen-bond acceptors (Lipinski definition) is 6. The van der Waals surface area contributed by atoms with Gasteiger partial charge in [-0.15, -0.1) is 5.10 Å². The van der Waals surface area contributed by atoms with Crippen LogP contribution in [0, 0.1) is 0 Å². The van der Waals surface area contributed by atoms with Gasteiger partial charge in [0.05, 0.1) is 7.11 Å². The average Bonchev–Trinajstić information content (AvgIpc) is 3.27. The molecule has 0 radical (unpaired) electrons. The molecule has 0 unspecified atom stereocenters. The fraction of sp³-hybridized carbons (Fsp3) is 0.435. The van der Waals surface area contributed by atoms with E-state index in [4.69, 9.17) is 4.74 Å². The molecule has 158 valence electrons. The highest BCUT2D eigenvalue weighted by Gasteiger charge is 2.32. The summed E-state index contributed by atoms with van der Waals surface area (Å²) < 4.78 is 7.67. The summed E-state index contributed by atoms with van der Waals surface area (Å²) in [4.78, 5) is 4.96. The SMILES string of the molecule is CCN1CCN([C@H](c2ccccc2OC)c2nnnn2CCc2ccccc2)CC1. The number of benzene rings is 2. The second-order valence-corrected chi connectivity index (χ2v) is 7.61. The molecule has 1 saturated heterocycles. The minimum atomic E-state index is -0.0362. The van der Waals surface area contributed by atoms with Crippen LogP contribution in [0.2, 0.25) is 0 Å². The molecule has 2 heterocycles. The molecular formula is C23H30N6O. The predicted octanol–water partition coefficient (Wildman–Crippen LogP) is 2.65. The molecule has 7 heteroatoms. The van der Waals surface area contributed by atoms with E-state index in [1.165, 1.54) is 5.56 Å². The minimum Gasteiger partial charge on any atom is -0.496 e. The summed E-state index contributed by atoms with van der Waals surface area (Å²) in [5.41, 5.74) is 2.39. The predicted molar refractivity (Wildman–Crippen MR) is 116 cm³/mol. The van der Waals surface area contributed by atoms with Crippen molar-refractivity contribution in [1.82, 2.24) is 30.0 Å². The van der Waals surface area contributed by atoms with Gasteiger partial charge in [0.15, 0.2) is 5.82 Å². The van der Waals surface area contributed by atoms with E-state index < -0.39 is 0 Å². The van der Waals surface area contributed by atoms with Crippen molar-refractivity contribution in [3.05, 3.63) is 71.5 Å². The van der Waals surface area contributed by atoms with Gasteiger partial charge in [0.2, 0.25) is 0 Å². The Kier molecular flexibility index (Phi) is 6.71. The Hall–Kier alpha value is -2.77. The van der Waals surface area contributed by atoms with Crippen LogP contribution in [0.3, 0.4) is 0 Å². The molecule has 1 fully saturated rings. The number of aryl methyl sites for hydroxylation is 2. The summed E-state index contributed by atoms with van der Waals surface area (Å²) in [6.07, 6.45) is 0.890. The lowest BCUT2D eigenvalue weighted by Crippen LogP contribution is -2.48. The van der Waals surface area contributed by atoms with Crippen molar-refractivity contribution >= 4 is 0 Å². The number of tetrazole rings is 1. The second-order valence-electron chi connectivity index (χ2n) is 7.61. The lowest BCUT2D eigenvalue weighted by atomic mass is 10.0. The molecule has 1 aliphatic heterocycles. The summed E-state index contributed by atoms with van der Waals surface area (Å²) in [5.74, 6) is 1.75. The van der Waals surface area contributed by atoms with E-state index in [1.807, 2.05) is 22.9 Å². The second kappa shape index (κ2) is 9.82. The fourth-order valence-corrected chi connectivity index (χ4v) is 4.18. The summed E-state index contributed by atoms with van der Waals surface area (Å²) in [6.45, 7) is 8.10.